The molecule has 0 atom stereocenters. The van der Waals surface area contributed by atoms with E-state index in [0.29, 0.717) is 18.0 Å². The van der Waals surface area contributed by atoms with Gasteiger partial charge in [-0.3, -0.25) is 4.79 Å². The number of hydrogen-bond donors (Lipinski definition) is 1. The minimum absolute atomic E-state index is 0.0908. The van der Waals surface area contributed by atoms with Crippen LogP contribution >= 0.6 is 11.6 Å². The fourth-order valence-corrected chi connectivity index (χ4v) is 1.84. The summed E-state index contributed by atoms with van der Waals surface area (Å²) >= 11 is 5.57. The van der Waals surface area contributed by atoms with Crippen molar-refractivity contribution in [1.29, 1.82) is 0 Å². The van der Waals surface area contributed by atoms with E-state index in [0.717, 1.165) is 17.2 Å². The van der Waals surface area contributed by atoms with Crippen molar-refractivity contribution in [3.8, 4) is 0 Å². The van der Waals surface area contributed by atoms with E-state index in [9.17, 15) is 4.79 Å². The van der Waals surface area contributed by atoms with E-state index in [2.05, 4.69) is 11.4 Å². The van der Waals surface area contributed by atoms with Crippen molar-refractivity contribution in [2.75, 3.05) is 12.4 Å². The molecule has 0 saturated heterocycles. The smallest absolute Gasteiger partial charge is 0.252 e. The van der Waals surface area contributed by atoms with E-state index in [-0.39, 0.29) is 5.91 Å². The monoisotopic (exact) mass is 246 g/mol. The van der Waals surface area contributed by atoms with Crippen LogP contribution in [0.2, 0.25) is 0 Å². The number of benzene rings is 2. The number of carbonyl (C=O) groups is 1. The van der Waals surface area contributed by atoms with Crippen LogP contribution in [-0.2, 0) is 0 Å². The third-order valence-corrected chi connectivity index (χ3v) is 2.81. The molecule has 1 radical (unpaired) electrons. The van der Waals surface area contributed by atoms with Gasteiger partial charge in [0.25, 0.3) is 5.91 Å². The lowest BCUT2D eigenvalue weighted by Gasteiger charge is -2.06. The largest absolute Gasteiger partial charge is 0.352 e. The first-order valence-corrected chi connectivity index (χ1v) is 6.10. The van der Waals surface area contributed by atoms with Gasteiger partial charge in [-0.2, -0.15) is 0 Å². The van der Waals surface area contributed by atoms with E-state index < -0.39 is 0 Å². The predicted octanol–water partition coefficient (Wildman–Crippen LogP) is 3.00. The fraction of sp³-hybridized carbons (Fsp3) is 0.214. The number of halogens is 1. The minimum Gasteiger partial charge on any atom is -0.352 e. The number of hydrogen-bond acceptors (Lipinski definition) is 1. The Morgan fingerprint density at radius 3 is 2.94 bits per heavy atom. The standard InChI is InChI=1S/C14H13ClNO/c15-9-4-10-16-14(17)13-8-3-6-11-5-1-2-7-12(11)13/h1-3,5-7H,4,9-10H2,(H,16,17). The van der Waals surface area contributed by atoms with Crippen LogP contribution in [0.3, 0.4) is 0 Å². The Kier molecular flexibility index (Phi) is 3.99. The van der Waals surface area contributed by atoms with Gasteiger partial charge in [0.2, 0.25) is 0 Å². The molecular formula is C14H13ClNO. The maximum atomic E-state index is 11.9. The highest BCUT2D eigenvalue weighted by Gasteiger charge is 2.08. The number of nitrogens with one attached hydrogen (secondary N) is 1. The maximum absolute atomic E-state index is 11.9. The molecule has 2 rings (SSSR count). The molecule has 2 aromatic carbocycles. The molecule has 2 nitrogen and oxygen atoms in total. The summed E-state index contributed by atoms with van der Waals surface area (Å²) in [4.78, 5) is 11.9. The molecule has 0 unspecified atom stereocenters. The normalized spacial score (nSPS) is 10.4. The van der Waals surface area contributed by atoms with Crippen molar-refractivity contribution < 1.29 is 4.79 Å². The number of amides is 1. The van der Waals surface area contributed by atoms with Gasteiger partial charge in [0, 0.05) is 12.4 Å². The van der Waals surface area contributed by atoms with Gasteiger partial charge < -0.3 is 5.32 Å². The van der Waals surface area contributed by atoms with E-state index in [1.54, 1.807) is 6.07 Å². The second-order valence-electron chi connectivity index (χ2n) is 3.74. The topological polar surface area (TPSA) is 29.1 Å². The molecule has 1 amide bonds. The molecule has 0 heterocycles. The van der Waals surface area contributed by atoms with E-state index in [4.69, 9.17) is 11.6 Å². The van der Waals surface area contributed by atoms with Crippen LogP contribution in [0.4, 0.5) is 0 Å². The third-order valence-electron chi connectivity index (χ3n) is 2.54. The summed E-state index contributed by atoms with van der Waals surface area (Å²) in [6.07, 6.45) is 0.776. The van der Waals surface area contributed by atoms with Crippen molar-refractivity contribution in [1.82, 2.24) is 5.32 Å². The fourth-order valence-electron chi connectivity index (χ4n) is 1.71. The highest BCUT2D eigenvalue weighted by molar-refractivity contribution is 6.17. The summed E-state index contributed by atoms with van der Waals surface area (Å²) < 4.78 is 0. The second kappa shape index (κ2) is 5.69. The highest BCUT2D eigenvalue weighted by Crippen LogP contribution is 2.17. The molecule has 17 heavy (non-hydrogen) atoms. The lowest BCUT2D eigenvalue weighted by Crippen LogP contribution is -2.24. The van der Waals surface area contributed by atoms with Gasteiger partial charge in [0.1, 0.15) is 0 Å². The van der Waals surface area contributed by atoms with Crippen LogP contribution in [0.15, 0.2) is 36.4 Å². The van der Waals surface area contributed by atoms with Crippen molar-refractivity contribution in [2.24, 2.45) is 0 Å². The van der Waals surface area contributed by atoms with Gasteiger partial charge in [-0.15, -0.1) is 11.6 Å². The van der Waals surface area contributed by atoms with Crippen LogP contribution in [-0.4, -0.2) is 18.3 Å². The zero-order chi connectivity index (χ0) is 12.1. The molecule has 87 valence electrons. The Labute approximate surface area is 106 Å². The van der Waals surface area contributed by atoms with E-state index in [1.165, 1.54) is 0 Å². The number of rotatable bonds is 4. The Morgan fingerprint density at radius 1 is 1.29 bits per heavy atom. The second-order valence-corrected chi connectivity index (χ2v) is 4.12. The zero-order valence-electron chi connectivity index (χ0n) is 9.37. The average molecular weight is 247 g/mol. The summed E-state index contributed by atoms with van der Waals surface area (Å²) in [6, 6.07) is 14.5. The number of alkyl halides is 1. The molecule has 2 aromatic rings. The van der Waals surface area contributed by atoms with Crippen LogP contribution in [0.1, 0.15) is 16.8 Å². The molecule has 0 aliphatic carbocycles. The van der Waals surface area contributed by atoms with Gasteiger partial charge in [0.05, 0.1) is 5.56 Å². The summed E-state index contributed by atoms with van der Waals surface area (Å²) in [5, 5.41) is 4.82. The summed E-state index contributed by atoms with van der Waals surface area (Å²) in [7, 11) is 0. The first-order chi connectivity index (χ1) is 8.33. The van der Waals surface area contributed by atoms with Crippen LogP contribution in [0, 0.1) is 6.07 Å². The lowest BCUT2D eigenvalue weighted by molar-refractivity contribution is 0.0955. The number of carbonyl (C=O) groups excluding carboxylic acids is 1. The Bertz CT molecular complexity index is 519. The molecule has 0 fully saturated rings. The first kappa shape index (κ1) is 11.9. The summed E-state index contributed by atoms with van der Waals surface area (Å²) in [5.74, 6) is 0.464. The van der Waals surface area contributed by atoms with Crippen LogP contribution in [0.25, 0.3) is 10.8 Å². The van der Waals surface area contributed by atoms with Crippen LogP contribution in [0.5, 0.6) is 0 Å². The average Bonchev–Trinajstić information content (AvgIpc) is 2.38. The molecule has 0 aliphatic heterocycles. The number of fused-ring (bicyclic) bond motifs is 1. The predicted molar refractivity (Wildman–Crippen MR) is 70.5 cm³/mol. The molecule has 0 bridgehead atoms. The Hall–Kier alpha value is -1.54. The lowest BCUT2D eigenvalue weighted by atomic mass is 10.0. The minimum atomic E-state index is -0.0908. The van der Waals surface area contributed by atoms with Gasteiger partial charge in [-0.05, 0) is 23.3 Å². The van der Waals surface area contributed by atoms with E-state index in [1.807, 2.05) is 30.3 Å². The van der Waals surface area contributed by atoms with Gasteiger partial charge in [0.15, 0.2) is 0 Å². The molecule has 0 saturated carbocycles. The van der Waals surface area contributed by atoms with Gasteiger partial charge in [-0.1, -0.05) is 36.4 Å². The molecule has 1 N–H and O–H groups in total. The zero-order valence-corrected chi connectivity index (χ0v) is 10.1. The molecular weight excluding hydrogens is 234 g/mol. The SMILES string of the molecule is O=C(NCCCCl)c1[c]ccc2ccccc12. The van der Waals surface area contributed by atoms with Crippen LogP contribution < -0.4 is 5.32 Å². The molecule has 0 aromatic heterocycles. The van der Waals surface area contributed by atoms with E-state index >= 15 is 0 Å². The highest BCUT2D eigenvalue weighted by atomic mass is 35.5. The molecule has 0 aliphatic rings. The van der Waals surface area contributed by atoms with Crippen molar-refractivity contribution >= 4 is 28.3 Å². The summed E-state index contributed by atoms with van der Waals surface area (Å²) in [5.41, 5.74) is 0.595. The van der Waals surface area contributed by atoms with Crippen molar-refractivity contribution in [3.05, 3.63) is 48.0 Å². The maximum Gasteiger partial charge on any atom is 0.252 e. The molecule has 3 heteroatoms. The van der Waals surface area contributed by atoms with Gasteiger partial charge >= 0.3 is 0 Å². The summed E-state index contributed by atoms with van der Waals surface area (Å²) in [6.45, 7) is 0.597. The third kappa shape index (κ3) is 2.77. The molecule has 0 spiro atoms. The van der Waals surface area contributed by atoms with Gasteiger partial charge in [-0.25, -0.2) is 0 Å². The quantitative estimate of drug-likeness (QED) is 0.652. The van der Waals surface area contributed by atoms with Crippen molar-refractivity contribution in [3.63, 3.8) is 0 Å². The Balaban J connectivity index is 2.26. The first-order valence-electron chi connectivity index (χ1n) is 5.56. The van der Waals surface area contributed by atoms with Crippen molar-refractivity contribution in [2.45, 2.75) is 6.42 Å². The Morgan fingerprint density at radius 2 is 2.12 bits per heavy atom.